The molecule has 22 heavy (non-hydrogen) atoms. The second kappa shape index (κ2) is 6.48. The topological polar surface area (TPSA) is 126 Å². The van der Waals surface area contributed by atoms with Gasteiger partial charge < -0.3 is 10.6 Å². The summed E-state index contributed by atoms with van der Waals surface area (Å²) in [5, 5.41) is 18.0. The lowest BCUT2D eigenvalue weighted by Crippen LogP contribution is -2.15. The number of hydrogen-bond acceptors (Lipinski definition) is 6. The first-order valence-corrected chi connectivity index (χ1v) is 6.34. The van der Waals surface area contributed by atoms with Gasteiger partial charge in [0.15, 0.2) is 11.5 Å². The number of aromatic nitrogens is 2. The second-order valence-corrected chi connectivity index (χ2v) is 4.22. The van der Waals surface area contributed by atoms with E-state index in [0.717, 1.165) is 0 Å². The van der Waals surface area contributed by atoms with E-state index in [2.05, 4.69) is 10.3 Å². The summed E-state index contributed by atoms with van der Waals surface area (Å²) in [5.74, 6) is -0.810. The third-order valence-electron chi connectivity index (χ3n) is 2.77. The van der Waals surface area contributed by atoms with E-state index in [1.54, 1.807) is 10.9 Å². The van der Waals surface area contributed by atoms with Gasteiger partial charge in [0.05, 0.1) is 4.92 Å². The van der Waals surface area contributed by atoms with Crippen LogP contribution in [0, 0.1) is 10.1 Å². The molecule has 9 heteroatoms. The summed E-state index contributed by atoms with van der Waals surface area (Å²) in [5.41, 5.74) is 6.10. The number of carbonyl (C=O) groups is 1. The van der Waals surface area contributed by atoms with Crippen molar-refractivity contribution in [3.8, 4) is 0 Å². The Hall–Kier alpha value is -3.23. The van der Waals surface area contributed by atoms with Crippen molar-refractivity contribution in [2.45, 2.75) is 13.5 Å². The zero-order valence-electron chi connectivity index (χ0n) is 11.7. The summed E-state index contributed by atoms with van der Waals surface area (Å²) in [6.45, 7) is 2.51. The number of non-ortho nitro benzene ring substituents is 1. The van der Waals surface area contributed by atoms with Gasteiger partial charge in [-0.1, -0.05) is 5.16 Å². The predicted molar refractivity (Wildman–Crippen MR) is 77.1 cm³/mol. The fraction of sp³-hybridized carbons (Fsp3) is 0.154. The molecule has 0 aliphatic heterocycles. The van der Waals surface area contributed by atoms with Crippen LogP contribution in [0.25, 0.3) is 0 Å². The van der Waals surface area contributed by atoms with Crippen LogP contribution >= 0.6 is 0 Å². The average Bonchev–Trinajstić information content (AvgIpc) is 3.01. The molecule has 0 saturated heterocycles. The van der Waals surface area contributed by atoms with Crippen LogP contribution in [0.5, 0.6) is 0 Å². The van der Waals surface area contributed by atoms with Gasteiger partial charge in [0.1, 0.15) is 0 Å². The first kappa shape index (κ1) is 15.2. The smallest absolute Gasteiger partial charge is 0.380 e. The van der Waals surface area contributed by atoms with Crippen LogP contribution in [0.3, 0.4) is 0 Å². The Balaban J connectivity index is 2.05. The molecule has 1 heterocycles. The van der Waals surface area contributed by atoms with Crippen molar-refractivity contribution in [2.75, 3.05) is 0 Å². The quantitative estimate of drug-likeness (QED) is 0.291. The van der Waals surface area contributed by atoms with Crippen molar-refractivity contribution in [3.63, 3.8) is 0 Å². The lowest BCUT2D eigenvalue weighted by molar-refractivity contribution is -0.384. The molecule has 0 fully saturated rings. The van der Waals surface area contributed by atoms with Gasteiger partial charge in [-0.25, -0.2) is 4.79 Å². The molecule has 0 saturated carbocycles. The fourth-order valence-corrected chi connectivity index (χ4v) is 1.59. The van der Waals surface area contributed by atoms with Crippen molar-refractivity contribution >= 4 is 17.5 Å². The summed E-state index contributed by atoms with van der Waals surface area (Å²) >= 11 is 0. The van der Waals surface area contributed by atoms with Crippen molar-refractivity contribution in [1.29, 1.82) is 0 Å². The maximum absolute atomic E-state index is 11.7. The maximum atomic E-state index is 11.7. The SMILES string of the molecule is CCn1ccc(C(=O)O/N=C(\N)c2ccc([N+](=O)[O-])cc2)n1. The highest BCUT2D eigenvalue weighted by Gasteiger charge is 2.12. The molecule has 0 aliphatic carbocycles. The molecule has 0 spiro atoms. The largest absolute Gasteiger partial charge is 0.385 e. The third-order valence-corrected chi connectivity index (χ3v) is 2.77. The van der Waals surface area contributed by atoms with Gasteiger partial charge in [-0.05, 0) is 25.1 Å². The van der Waals surface area contributed by atoms with Gasteiger partial charge >= 0.3 is 5.97 Å². The highest BCUT2D eigenvalue weighted by atomic mass is 16.7. The Morgan fingerprint density at radius 2 is 2.09 bits per heavy atom. The number of nitro benzene ring substituents is 1. The van der Waals surface area contributed by atoms with E-state index in [9.17, 15) is 14.9 Å². The second-order valence-electron chi connectivity index (χ2n) is 4.22. The monoisotopic (exact) mass is 303 g/mol. The molecular formula is C13H13N5O4. The molecule has 0 atom stereocenters. The van der Waals surface area contributed by atoms with Crippen molar-refractivity contribution in [2.24, 2.45) is 10.9 Å². The lowest BCUT2D eigenvalue weighted by Gasteiger charge is -2.00. The summed E-state index contributed by atoms with van der Waals surface area (Å²) in [4.78, 5) is 26.4. The number of nitrogens with zero attached hydrogens (tertiary/aromatic N) is 4. The first-order chi connectivity index (χ1) is 10.5. The fourth-order valence-electron chi connectivity index (χ4n) is 1.59. The Labute approximate surface area is 125 Å². The minimum Gasteiger partial charge on any atom is -0.380 e. The molecule has 0 bridgehead atoms. The Morgan fingerprint density at radius 3 is 2.64 bits per heavy atom. The van der Waals surface area contributed by atoms with E-state index in [0.29, 0.717) is 12.1 Å². The number of nitrogens with two attached hydrogens (primary N) is 1. The molecule has 1 aromatic carbocycles. The van der Waals surface area contributed by atoms with Crippen molar-refractivity contribution in [3.05, 3.63) is 57.9 Å². The highest BCUT2D eigenvalue weighted by molar-refractivity contribution is 5.98. The van der Waals surface area contributed by atoms with Crippen molar-refractivity contribution in [1.82, 2.24) is 9.78 Å². The average molecular weight is 303 g/mol. The number of oxime groups is 1. The van der Waals surface area contributed by atoms with Gasteiger partial charge in [0, 0.05) is 30.4 Å². The summed E-state index contributed by atoms with van der Waals surface area (Å²) in [6, 6.07) is 6.89. The van der Waals surface area contributed by atoms with Crippen LogP contribution in [0.15, 0.2) is 41.7 Å². The number of carbonyl (C=O) groups excluding carboxylic acids is 1. The van der Waals surface area contributed by atoms with Crippen LogP contribution in [0.2, 0.25) is 0 Å². The van der Waals surface area contributed by atoms with Crippen LogP contribution in [0.4, 0.5) is 5.69 Å². The van der Waals surface area contributed by atoms with E-state index in [1.807, 2.05) is 6.92 Å². The molecule has 2 rings (SSSR count). The van der Waals surface area contributed by atoms with Crippen LogP contribution in [-0.4, -0.2) is 26.5 Å². The molecular weight excluding hydrogens is 290 g/mol. The number of rotatable bonds is 5. The van der Waals surface area contributed by atoms with E-state index in [4.69, 9.17) is 10.6 Å². The van der Waals surface area contributed by atoms with E-state index in [-0.39, 0.29) is 17.2 Å². The van der Waals surface area contributed by atoms with E-state index >= 15 is 0 Å². The van der Waals surface area contributed by atoms with Gasteiger partial charge in [0.2, 0.25) is 0 Å². The van der Waals surface area contributed by atoms with Gasteiger partial charge in [-0.15, -0.1) is 0 Å². The molecule has 0 amide bonds. The molecule has 2 N–H and O–H groups in total. The Bertz CT molecular complexity index is 720. The zero-order chi connectivity index (χ0) is 16.1. The lowest BCUT2D eigenvalue weighted by atomic mass is 10.2. The normalized spacial score (nSPS) is 11.2. The molecule has 1 aromatic heterocycles. The molecule has 0 radical (unpaired) electrons. The Kier molecular flexibility index (Phi) is 4.47. The van der Waals surface area contributed by atoms with Crippen molar-refractivity contribution < 1.29 is 14.6 Å². The number of benzene rings is 1. The molecule has 114 valence electrons. The molecule has 9 nitrogen and oxygen atoms in total. The highest BCUT2D eigenvalue weighted by Crippen LogP contribution is 2.11. The third kappa shape index (κ3) is 3.45. The summed E-state index contributed by atoms with van der Waals surface area (Å²) in [6.07, 6.45) is 1.64. The maximum Gasteiger partial charge on any atom is 0.385 e. The van der Waals surface area contributed by atoms with Gasteiger partial charge in [-0.3, -0.25) is 14.8 Å². The molecule has 0 aliphatic rings. The van der Waals surface area contributed by atoms with Crippen LogP contribution in [0.1, 0.15) is 23.0 Å². The Morgan fingerprint density at radius 1 is 1.41 bits per heavy atom. The molecule has 2 aromatic rings. The van der Waals surface area contributed by atoms with Crippen LogP contribution in [-0.2, 0) is 11.4 Å². The number of hydrogen-bond donors (Lipinski definition) is 1. The van der Waals surface area contributed by atoms with Gasteiger partial charge in [-0.2, -0.15) is 5.10 Å². The number of amidine groups is 1. The number of aryl methyl sites for hydroxylation is 1. The van der Waals surface area contributed by atoms with Crippen LogP contribution < -0.4 is 5.73 Å². The molecule has 0 unspecified atom stereocenters. The minimum absolute atomic E-state index is 0.0707. The summed E-state index contributed by atoms with van der Waals surface area (Å²) in [7, 11) is 0. The zero-order valence-corrected chi connectivity index (χ0v) is 11.7. The minimum atomic E-state index is -0.739. The van der Waals surface area contributed by atoms with E-state index in [1.165, 1.54) is 30.3 Å². The summed E-state index contributed by atoms with van der Waals surface area (Å²) < 4.78 is 1.57. The van der Waals surface area contributed by atoms with Gasteiger partial charge in [0.25, 0.3) is 5.69 Å². The predicted octanol–water partition coefficient (Wildman–Crippen LogP) is 1.29. The standard InChI is InChI=1S/C13H13N5O4/c1-2-17-8-7-11(15-17)13(19)22-16-12(14)9-3-5-10(6-4-9)18(20)21/h3-8H,2H2,1H3,(H2,14,16). The number of nitro groups is 1. The van der Waals surface area contributed by atoms with E-state index < -0.39 is 10.9 Å². The first-order valence-electron chi connectivity index (χ1n) is 6.34.